The highest BCUT2D eigenvalue weighted by molar-refractivity contribution is 5.89. The summed E-state index contributed by atoms with van der Waals surface area (Å²) < 4.78 is 4.96. The molecule has 0 aromatic carbocycles. The third kappa shape index (κ3) is 1.44. The summed E-state index contributed by atoms with van der Waals surface area (Å²) in [4.78, 5) is 11.9. The van der Waals surface area contributed by atoms with Gasteiger partial charge in [0.25, 0.3) is 0 Å². The van der Waals surface area contributed by atoms with Crippen molar-refractivity contribution in [3.8, 4) is 0 Å². The minimum atomic E-state index is -0.0844. The smallest absolute Gasteiger partial charge is 0.333 e. The zero-order valence-corrected chi connectivity index (χ0v) is 11.8. The number of fused-ring (bicyclic) bond motifs is 1. The maximum atomic E-state index is 11.9. The standard InChI is InChI=1S/C16H24O2/c1-15(2)7-4-5-12-9-13(14(17)18-3)11-6-8-16(12,15)10-11/h9,11-12H,4-8,10H2,1-3H3. The molecule has 18 heavy (non-hydrogen) atoms. The molecule has 100 valence electrons. The van der Waals surface area contributed by atoms with E-state index in [1.807, 2.05) is 0 Å². The minimum Gasteiger partial charge on any atom is -0.466 e. The first kappa shape index (κ1) is 12.3. The van der Waals surface area contributed by atoms with Crippen LogP contribution in [0.2, 0.25) is 0 Å². The first-order chi connectivity index (χ1) is 8.50. The van der Waals surface area contributed by atoms with Gasteiger partial charge < -0.3 is 4.74 Å². The zero-order valence-electron chi connectivity index (χ0n) is 11.8. The first-order valence-corrected chi connectivity index (χ1v) is 7.30. The van der Waals surface area contributed by atoms with E-state index in [4.69, 9.17) is 4.74 Å². The Morgan fingerprint density at radius 2 is 2.11 bits per heavy atom. The summed E-state index contributed by atoms with van der Waals surface area (Å²) >= 11 is 0. The van der Waals surface area contributed by atoms with Gasteiger partial charge in [-0.2, -0.15) is 0 Å². The maximum Gasteiger partial charge on any atom is 0.333 e. The number of carbonyl (C=O) groups excluding carboxylic acids is 1. The number of rotatable bonds is 1. The zero-order chi connectivity index (χ0) is 13.0. The van der Waals surface area contributed by atoms with E-state index in [-0.39, 0.29) is 5.97 Å². The van der Waals surface area contributed by atoms with Crippen LogP contribution in [0, 0.1) is 22.7 Å². The van der Waals surface area contributed by atoms with Crippen LogP contribution in [-0.4, -0.2) is 13.1 Å². The number of hydrogen-bond acceptors (Lipinski definition) is 2. The molecule has 3 aliphatic carbocycles. The van der Waals surface area contributed by atoms with Gasteiger partial charge in [0.1, 0.15) is 0 Å². The van der Waals surface area contributed by atoms with Gasteiger partial charge in [-0.15, -0.1) is 0 Å². The second-order valence-corrected chi connectivity index (χ2v) is 7.09. The Labute approximate surface area is 110 Å². The largest absolute Gasteiger partial charge is 0.466 e. The van der Waals surface area contributed by atoms with Gasteiger partial charge in [0.2, 0.25) is 0 Å². The van der Waals surface area contributed by atoms with Gasteiger partial charge in [-0.3, -0.25) is 0 Å². The number of esters is 1. The fourth-order valence-electron chi connectivity index (χ4n) is 5.03. The Balaban J connectivity index is 2.01. The van der Waals surface area contributed by atoms with E-state index in [9.17, 15) is 4.79 Å². The topological polar surface area (TPSA) is 26.3 Å². The van der Waals surface area contributed by atoms with Crippen LogP contribution in [0.15, 0.2) is 11.6 Å². The Hall–Kier alpha value is -0.790. The molecule has 0 aromatic heterocycles. The Morgan fingerprint density at radius 1 is 1.33 bits per heavy atom. The highest BCUT2D eigenvalue weighted by Crippen LogP contribution is 2.66. The van der Waals surface area contributed by atoms with Crippen molar-refractivity contribution in [1.29, 1.82) is 0 Å². The number of carbonyl (C=O) groups is 1. The van der Waals surface area contributed by atoms with Crippen LogP contribution < -0.4 is 0 Å². The van der Waals surface area contributed by atoms with Gasteiger partial charge in [-0.25, -0.2) is 4.79 Å². The quantitative estimate of drug-likeness (QED) is 0.661. The van der Waals surface area contributed by atoms with Crippen molar-refractivity contribution in [3.05, 3.63) is 11.6 Å². The summed E-state index contributed by atoms with van der Waals surface area (Å²) in [6.07, 6.45) is 9.88. The minimum absolute atomic E-state index is 0.0844. The summed E-state index contributed by atoms with van der Waals surface area (Å²) in [7, 11) is 1.50. The van der Waals surface area contributed by atoms with Gasteiger partial charge in [-0.05, 0) is 54.8 Å². The summed E-state index contributed by atoms with van der Waals surface area (Å²) in [5, 5.41) is 0. The molecule has 3 unspecified atom stereocenters. The van der Waals surface area contributed by atoms with E-state index in [0.29, 0.717) is 22.7 Å². The van der Waals surface area contributed by atoms with Gasteiger partial charge in [0, 0.05) is 5.57 Å². The average molecular weight is 248 g/mol. The normalized spacial score (nSPS) is 40.9. The van der Waals surface area contributed by atoms with Gasteiger partial charge >= 0.3 is 5.97 Å². The highest BCUT2D eigenvalue weighted by Gasteiger charge is 2.58. The summed E-state index contributed by atoms with van der Waals surface area (Å²) in [6.45, 7) is 4.89. The molecule has 0 radical (unpaired) electrons. The van der Waals surface area contributed by atoms with Crippen LogP contribution in [0.4, 0.5) is 0 Å². The molecule has 3 aliphatic rings. The summed E-state index contributed by atoms with van der Waals surface area (Å²) in [5.41, 5.74) is 1.88. The van der Waals surface area contributed by atoms with E-state index in [2.05, 4.69) is 19.9 Å². The van der Waals surface area contributed by atoms with Gasteiger partial charge in [0.05, 0.1) is 7.11 Å². The monoisotopic (exact) mass is 248 g/mol. The van der Waals surface area contributed by atoms with Crippen LogP contribution in [0.3, 0.4) is 0 Å². The van der Waals surface area contributed by atoms with E-state index in [0.717, 1.165) is 5.57 Å². The fraction of sp³-hybridized carbons (Fsp3) is 0.812. The van der Waals surface area contributed by atoms with Crippen molar-refractivity contribution in [3.63, 3.8) is 0 Å². The first-order valence-electron chi connectivity index (χ1n) is 7.30. The molecule has 2 bridgehead atoms. The summed E-state index contributed by atoms with van der Waals surface area (Å²) in [6, 6.07) is 0. The molecule has 0 aliphatic heterocycles. The molecule has 0 saturated heterocycles. The molecule has 0 heterocycles. The van der Waals surface area contributed by atoms with E-state index >= 15 is 0 Å². The number of ether oxygens (including phenoxy) is 1. The molecule has 0 aromatic rings. The molecule has 1 spiro atoms. The van der Waals surface area contributed by atoms with Crippen molar-refractivity contribution in [2.45, 2.75) is 52.4 Å². The highest BCUT2D eigenvalue weighted by atomic mass is 16.5. The van der Waals surface area contributed by atoms with Crippen molar-refractivity contribution in [2.75, 3.05) is 7.11 Å². The molecule has 0 amide bonds. The predicted molar refractivity (Wildman–Crippen MR) is 71.0 cm³/mol. The number of allylic oxidation sites excluding steroid dienone is 1. The van der Waals surface area contributed by atoms with Crippen LogP contribution >= 0.6 is 0 Å². The number of methoxy groups -OCH3 is 1. The lowest BCUT2D eigenvalue weighted by Gasteiger charge is -2.54. The molecule has 0 N–H and O–H groups in total. The fourth-order valence-corrected chi connectivity index (χ4v) is 5.03. The van der Waals surface area contributed by atoms with Crippen molar-refractivity contribution < 1.29 is 9.53 Å². The van der Waals surface area contributed by atoms with Crippen LogP contribution in [0.5, 0.6) is 0 Å². The van der Waals surface area contributed by atoms with Crippen LogP contribution in [0.1, 0.15) is 52.4 Å². The molecular formula is C16H24O2. The average Bonchev–Trinajstić information content (AvgIpc) is 2.71. The van der Waals surface area contributed by atoms with Crippen molar-refractivity contribution in [2.24, 2.45) is 22.7 Å². The lowest BCUT2D eigenvalue weighted by molar-refractivity contribution is -0.137. The van der Waals surface area contributed by atoms with Crippen LogP contribution in [-0.2, 0) is 9.53 Å². The Kier molecular flexibility index (Phi) is 2.62. The van der Waals surface area contributed by atoms with E-state index in [1.165, 1.54) is 45.6 Å². The van der Waals surface area contributed by atoms with Crippen LogP contribution in [0.25, 0.3) is 0 Å². The lowest BCUT2D eigenvalue weighted by atomic mass is 9.50. The second kappa shape index (κ2) is 3.85. The third-order valence-corrected chi connectivity index (χ3v) is 6.17. The SMILES string of the molecule is COC(=O)C1=CC2CCCC(C)(C)C23CCC1C3. The molecule has 2 saturated carbocycles. The maximum absolute atomic E-state index is 11.9. The molecule has 2 nitrogen and oxygen atoms in total. The molecular weight excluding hydrogens is 224 g/mol. The Morgan fingerprint density at radius 3 is 2.83 bits per heavy atom. The predicted octanol–water partition coefficient (Wildman–Crippen LogP) is 3.71. The molecule has 2 heteroatoms. The van der Waals surface area contributed by atoms with Crippen molar-refractivity contribution in [1.82, 2.24) is 0 Å². The van der Waals surface area contributed by atoms with Gasteiger partial charge in [0.15, 0.2) is 0 Å². The Bertz CT molecular complexity index is 407. The van der Waals surface area contributed by atoms with Gasteiger partial charge in [-0.1, -0.05) is 26.3 Å². The molecule has 3 atom stereocenters. The van der Waals surface area contributed by atoms with E-state index in [1.54, 1.807) is 0 Å². The van der Waals surface area contributed by atoms with E-state index < -0.39 is 0 Å². The lowest BCUT2D eigenvalue weighted by Crippen LogP contribution is -2.46. The number of hydrogen-bond donors (Lipinski definition) is 0. The summed E-state index contributed by atoms with van der Waals surface area (Å²) in [5.74, 6) is 0.985. The van der Waals surface area contributed by atoms with Crippen molar-refractivity contribution >= 4 is 5.97 Å². The third-order valence-electron chi connectivity index (χ3n) is 6.17. The molecule has 2 fully saturated rings. The molecule has 3 rings (SSSR count). The second-order valence-electron chi connectivity index (χ2n) is 7.09.